The molecule has 0 saturated heterocycles. The van der Waals surface area contributed by atoms with E-state index in [4.69, 9.17) is 4.52 Å². The van der Waals surface area contributed by atoms with Gasteiger partial charge in [0.1, 0.15) is 11.5 Å². The summed E-state index contributed by atoms with van der Waals surface area (Å²) in [6.07, 6.45) is 0.478. The fourth-order valence-corrected chi connectivity index (χ4v) is 3.03. The van der Waals surface area contributed by atoms with Crippen LogP contribution in [0.2, 0.25) is 0 Å². The van der Waals surface area contributed by atoms with E-state index in [1.165, 1.54) is 11.9 Å². The van der Waals surface area contributed by atoms with Gasteiger partial charge in [0.25, 0.3) is 0 Å². The molecule has 0 spiro atoms. The van der Waals surface area contributed by atoms with Gasteiger partial charge in [-0.15, -0.1) is 0 Å². The van der Waals surface area contributed by atoms with Gasteiger partial charge in [0.2, 0.25) is 5.91 Å². The average Bonchev–Trinajstić information content (AvgIpc) is 3.02. The molecule has 3 aromatic rings. The van der Waals surface area contributed by atoms with Crippen molar-refractivity contribution < 1.29 is 9.32 Å². The smallest absolute Gasteiger partial charge is 0.229 e. The molecule has 0 atom stereocenters. The number of carbonyl (C=O) groups is 1. The van der Waals surface area contributed by atoms with Gasteiger partial charge in [-0.3, -0.25) is 9.52 Å². The van der Waals surface area contributed by atoms with Gasteiger partial charge in [-0.2, -0.15) is 0 Å². The van der Waals surface area contributed by atoms with E-state index in [1.54, 1.807) is 0 Å². The predicted octanol–water partition coefficient (Wildman–Crippen LogP) is 4.85. The molecule has 1 amide bonds. The van der Waals surface area contributed by atoms with Gasteiger partial charge < -0.3 is 4.52 Å². The Kier molecular flexibility index (Phi) is 5.01. The summed E-state index contributed by atoms with van der Waals surface area (Å²) in [6.45, 7) is 3.75. The van der Waals surface area contributed by atoms with Crippen molar-refractivity contribution in [2.45, 2.75) is 25.2 Å². The number of benzene rings is 2. The Morgan fingerprint density at radius 3 is 2.46 bits per heavy atom. The fourth-order valence-electron chi connectivity index (χ4n) is 2.38. The first-order valence-corrected chi connectivity index (χ1v) is 8.58. The van der Waals surface area contributed by atoms with E-state index in [9.17, 15) is 4.79 Å². The molecular weight excluding hydrogens is 320 g/mol. The summed E-state index contributed by atoms with van der Waals surface area (Å²) >= 11 is 1.33. The van der Waals surface area contributed by atoms with Crippen molar-refractivity contribution in [3.8, 4) is 22.4 Å². The number of nitrogens with zero attached hydrogens (tertiary/aromatic N) is 1. The molecule has 4 nitrogen and oxygen atoms in total. The molecule has 0 radical (unpaired) electrons. The summed E-state index contributed by atoms with van der Waals surface area (Å²) in [5.74, 6) is 0.805. The van der Waals surface area contributed by atoms with Crippen LogP contribution in [-0.4, -0.2) is 11.1 Å². The molecule has 0 bridgehead atoms. The highest BCUT2D eigenvalue weighted by Gasteiger charge is 2.16. The first kappa shape index (κ1) is 16.3. The number of carbonyl (C=O) groups excluding carboxylic acids is 1. The Hall–Kier alpha value is -2.53. The zero-order valence-electron chi connectivity index (χ0n) is 13.6. The second-order valence-electron chi connectivity index (χ2n) is 5.33. The van der Waals surface area contributed by atoms with E-state index in [-0.39, 0.29) is 5.91 Å². The van der Waals surface area contributed by atoms with Gasteiger partial charge in [0.05, 0.1) is 5.56 Å². The van der Waals surface area contributed by atoms with Crippen LogP contribution >= 0.6 is 11.9 Å². The van der Waals surface area contributed by atoms with Gasteiger partial charge in [0.15, 0.2) is 0 Å². The van der Waals surface area contributed by atoms with Crippen molar-refractivity contribution in [3.63, 3.8) is 0 Å². The van der Waals surface area contributed by atoms with Crippen LogP contribution < -0.4 is 4.72 Å². The zero-order valence-corrected chi connectivity index (χ0v) is 14.4. The maximum Gasteiger partial charge on any atom is 0.229 e. The van der Waals surface area contributed by atoms with Crippen molar-refractivity contribution in [3.05, 3.63) is 60.4 Å². The minimum absolute atomic E-state index is 0.0188. The lowest BCUT2D eigenvalue weighted by atomic mass is 10.00. The van der Waals surface area contributed by atoms with Crippen molar-refractivity contribution in [1.29, 1.82) is 0 Å². The first-order chi connectivity index (χ1) is 11.7. The summed E-state index contributed by atoms with van der Waals surface area (Å²) < 4.78 is 8.21. The van der Waals surface area contributed by atoms with Gasteiger partial charge in [-0.25, -0.2) is 0 Å². The Balaban J connectivity index is 1.87. The maximum absolute atomic E-state index is 11.3. The molecule has 1 aromatic heterocycles. The fraction of sp³-hybridized carbons (Fsp3) is 0.158. The molecule has 0 aliphatic heterocycles. The molecule has 122 valence electrons. The Morgan fingerprint density at radius 2 is 1.79 bits per heavy atom. The van der Waals surface area contributed by atoms with Crippen LogP contribution in [0, 0.1) is 6.92 Å². The first-order valence-electron chi connectivity index (χ1n) is 7.77. The average molecular weight is 338 g/mol. The van der Waals surface area contributed by atoms with Crippen LogP contribution in [0.4, 0.5) is 0 Å². The number of nitrogens with one attached hydrogen (secondary N) is 1. The van der Waals surface area contributed by atoms with E-state index >= 15 is 0 Å². The van der Waals surface area contributed by atoms with Gasteiger partial charge in [-0.1, -0.05) is 54.5 Å². The number of aryl methyl sites for hydroxylation is 1. The highest BCUT2D eigenvalue weighted by Crippen LogP contribution is 2.34. The number of aromatic nitrogens is 1. The molecular formula is C19H18N2O2S. The van der Waals surface area contributed by atoms with Crippen LogP contribution in [-0.2, 0) is 4.79 Å². The standard InChI is InChI=1S/C19H18N2O2S/c1-3-17(22)21-24-16-11-9-14(10-12-16)18-13(2)23-20-19(18)15-7-5-4-6-8-15/h4-12H,3H2,1-2H3,(H,21,22). The van der Waals surface area contributed by atoms with Gasteiger partial charge in [0, 0.05) is 16.9 Å². The molecule has 1 heterocycles. The molecule has 2 aromatic carbocycles. The van der Waals surface area contributed by atoms with E-state index in [0.29, 0.717) is 6.42 Å². The molecule has 0 saturated carbocycles. The number of hydrogen-bond acceptors (Lipinski definition) is 4. The minimum Gasteiger partial charge on any atom is -0.360 e. The predicted molar refractivity (Wildman–Crippen MR) is 96.4 cm³/mol. The largest absolute Gasteiger partial charge is 0.360 e. The molecule has 24 heavy (non-hydrogen) atoms. The maximum atomic E-state index is 11.3. The van der Waals surface area contributed by atoms with E-state index in [1.807, 2.05) is 68.4 Å². The molecule has 5 heteroatoms. The number of hydrogen-bond donors (Lipinski definition) is 1. The molecule has 0 aliphatic rings. The van der Waals surface area contributed by atoms with Gasteiger partial charge >= 0.3 is 0 Å². The lowest BCUT2D eigenvalue weighted by Gasteiger charge is -2.06. The Labute approximate surface area is 145 Å². The van der Waals surface area contributed by atoms with Crippen LogP contribution in [0.25, 0.3) is 22.4 Å². The summed E-state index contributed by atoms with van der Waals surface area (Å²) in [5, 5.41) is 4.22. The van der Waals surface area contributed by atoms with E-state index in [2.05, 4.69) is 9.88 Å². The highest BCUT2D eigenvalue weighted by molar-refractivity contribution is 7.98. The topological polar surface area (TPSA) is 55.1 Å². The molecule has 3 rings (SSSR count). The van der Waals surface area contributed by atoms with Crippen LogP contribution in [0.5, 0.6) is 0 Å². The lowest BCUT2D eigenvalue weighted by Crippen LogP contribution is -2.13. The summed E-state index contributed by atoms with van der Waals surface area (Å²) in [4.78, 5) is 12.3. The summed E-state index contributed by atoms with van der Waals surface area (Å²) in [6, 6.07) is 18.0. The summed E-state index contributed by atoms with van der Waals surface area (Å²) in [5.41, 5.74) is 3.90. The quantitative estimate of drug-likeness (QED) is 0.676. The molecule has 0 aliphatic carbocycles. The Morgan fingerprint density at radius 1 is 1.08 bits per heavy atom. The second-order valence-corrected chi connectivity index (χ2v) is 6.21. The third-order valence-electron chi connectivity index (χ3n) is 3.66. The monoisotopic (exact) mass is 338 g/mol. The number of amides is 1. The van der Waals surface area contributed by atoms with Crippen molar-refractivity contribution in [2.24, 2.45) is 0 Å². The third kappa shape index (κ3) is 3.51. The van der Waals surface area contributed by atoms with Crippen molar-refractivity contribution in [1.82, 2.24) is 9.88 Å². The lowest BCUT2D eigenvalue weighted by molar-refractivity contribution is -0.118. The zero-order chi connectivity index (χ0) is 16.9. The normalized spacial score (nSPS) is 10.6. The third-order valence-corrected chi connectivity index (χ3v) is 4.49. The molecule has 0 fully saturated rings. The van der Waals surface area contributed by atoms with Crippen molar-refractivity contribution in [2.75, 3.05) is 0 Å². The highest BCUT2D eigenvalue weighted by atomic mass is 32.2. The van der Waals surface area contributed by atoms with E-state index < -0.39 is 0 Å². The van der Waals surface area contributed by atoms with Crippen LogP contribution in [0.1, 0.15) is 19.1 Å². The van der Waals surface area contributed by atoms with Gasteiger partial charge in [-0.05, 0) is 36.6 Å². The van der Waals surface area contributed by atoms with Crippen LogP contribution in [0.15, 0.2) is 64.0 Å². The number of rotatable bonds is 5. The second kappa shape index (κ2) is 7.36. The van der Waals surface area contributed by atoms with Crippen LogP contribution in [0.3, 0.4) is 0 Å². The van der Waals surface area contributed by atoms with E-state index in [0.717, 1.165) is 33.0 Å². The minimum atomic E-state index is 0.0188. The SMILES string of the molecule is CCC(=O)NSc1ccc(-c2c(-c3ccccc3)noc2C)cc1. The molecule has 0 unspecified atom stereocenters. The summed E-state index contributed by atoms with van der Waals surface area (Å²) in [7, 11) is 0. The Bertz CT molecular complexity index is 826. The van der Waals surface area contributed by atoms with Crippen molar-refractivity contribution >= 4 is 17.9 Å². The molecule has 1 N–H and O–H groups in total.